The first-order valence-electron chi connectivity index (χ1n) is 7.89. The van der Waals surface area contributed by atoms with Crippen LogP contribution in [0.4, 0.5) is 5.69 Å². The molecule has 2 aliphatic heterocycles. The Hall–Kier alpha value is -1.55. The van der Waals surface area contributed by atoms with Crippen LogP contribution in [0.25, 0.3) is 0 Å². The summed E-state index contributed by atoms with van der Waals surface area (Å²) < 4.78 is 5.35. The van der Waals surface area contributed by atoms with Crippen LogP contribution in [0, 0.1) is 12.8 Å². The highest BCUT2D eigenvalue weighted by molar-refractivity contribution is 5.76. The van der Waals surface area contributed by atoms with Crippen LogP contribution >= 0.6 is 0 Å². The molecule has 0 saturated carbocycles. The largest absolute Gasteiger partial charge is 0.381 e. The Morgan fingerprint density at radius 1 is 1.29 bits per heavy atom. The van der Waals surface area contributed by atoms with Crippen molar-refractivity contribution in [3.05, 3.63) is 29.8 Å². The van der Waals surface area contributed by atoms with Crippen LogP contribution in [0.1, 0.15) is 18.4 Å². The van der Waals surface area contributed by atoms with Gasteiger partial charge in [0, 0.05) is 51.5 Å². The third kappa shape index (κ3) is 3.56. The summed E-state index contributed by atoms with van der Waals surface area (Å²) in [5.74, 6) is 0.738. The highest BCUT2D eigenvalue weighted by Crippen LogP contribution is 2.20. The quantitative estimate of drug-likeness (QED) is 0.853. The van der Waals surface area contributed by atoms with Crippen LogP contribution in [0.15, 0.2) is 24.3 Å². The third-order valence-electron chi connectivity index (χ3n) is 4.49. The number of hydrogen-bond acceptors (Lipinski definition) is 3. The van der Waals surface area contributed by atoms with Gasteiger partial charge < -0.3 is 14.5 Å². The van der Waals surface area contributed by atoms with Crippen molar-refractivity contribution >= 4 is 11.6 Å². The predicted octanol–water partition coefficient (Wildman–Crippen LogP) is 2.07. The first kappa shape index (κ1) is 14.4. The fourth-order valence-corrected chi connectivity index (χ4v) is 3.16. The minimum absolute atomic E-state index is 0.300. The minimum atomic E-state index is 0.300. The number of nitrogens with zero attached hydrogens (tertiary/aromatic N) is 2. The lowest BCUT2D eigenvalue weighted by Gasteiger charge is -2.36. The number of piperazine rings is 1. The number of rotatable bonds is 3. The smallest absolute Gasteiger partial charge is 0.223 e. The molecule has 2 aliphatic rings. The maximum Gasteiger partial charge on any atom is 0.223 e. The van der Waals surface area contributed by atoms with E-state index in [1.807, 2.05) is 4.90 Å². The molecular formula is C17H24N2O2. The zero-order valence-corrected chi connectivity index (χ0v) is 12.8. The van der Waals surface area contributed by atoms with Crippen LogP contribution in [-0.2, 0) is 9.53 Å². The molecule has 0 bridgehead atoms. The lowest BCUT2D eigenvalue weighted by Crippen LogP contribution is -2.49. The first-order valence-corrected chi connectivity index (χ1v) is 7.89. The molecule has 0 N–H and O–H groups in total. The molecule has 4 heteroatoms. The van der Waals surface area contributed by atoms with Crippen LogP contribution in [0.3, 0.4) is 0 Å². The molecule has 0 radical (unpaired) electrons. The molecule has 21 heavy (non-hydrogen) atoms. The Labute approximate surface area is 126 Å². The van der Waals surface area contributed by atoms with Gasteiger partial charge in [-0.1, -0.05) is 12.1 Å². The molecule has 3 rings (SSSR count). The maximum atomic E-state index is 12.3. The van der Waals surface area contributed by atoms with Crippen molar-refractivity contribution in [2.75, 3.05) is 44.3 Å². The number of benzene rings is 1. The molecule has 2 saturated heterocycles. The van der Waals surface area contributed by atoms with E-state index in [-0.39, 0.29) is 0 Å². The lowest BCUT2D eigenvalue weighted by atomic mass is 10.0. The molecule has 0 spiro atoms. The van der Waals surface area contributed by atoms with Crippen molar-refractivity contribution < 1.29 is 9.53 Å². The molecule has 2 heterocycles. The topological polar surface area (TPSA) is 32.8 Å². The fraction of sp³-hybridized carbons (Fsp3) is 0.588. The molecule has 1 atom stereocenters. The van der Waals surface area contributed by atoms with Gasteiger partial charge in [-0.3, -0.25) is 4.79 Å². The summed E-state index contributed by atoms with van der Waals surface area (Å²) in [6.07, 6.45) is 1.69. The summed E-state index contributed by atoms with van der Waals surface area (Å²) in [6, 6.07) is 8.59. The number of anilines is 1. The molecule has 1 aromatic rings. The highest BCUT2D eigenvalue weighted by Gasteiger charge is 2.25. The second kappa shape index (κ2) is 6.48. The normalized spacial score (nSPS) is 22.6. The summed E-state index contributed by atoms with van der Waals surface area (Å²) in [4.78, 5) is 16.7. The number of aryl methyl sites for hydroxylation is 1. The zero-order valence-electron chi connectivity index (χ0n) is 12.8. The maximum absolute atomic E-state index is 12.3. The molecular weight excluding hydrogens is 264 g/mol. The highest BCUT2D eigenvalue weighted by atomic mass is 16.5. The summed E-state index contributed by atoms with van der Waals surface area (Å²) in [5, 5.41) is 0. The Bertz CT molecular complexity index is 489. The van der Waals surface area contributed by atoms with E-state index in [9.17, 15) is 4.79 Å². The summed E-state index contributed by atoms with van der Waals surface area (Å²) in [7, 11) is 0. The second-order valence-corrected chi connectivity index (χ2v) is 6.14. The third-order valence-corrected chi connectivity index (χ3v) is 4.49. The number of amides is 1. The average Bonchev–Trinajstić information content (AvgIpc) is 3.00. The fourth-order valence-electron chi connectivity index (χ4n) is 3.16. The van der Waals surface area contributed by atoms with E-state index in [0.717, 1.165) is 45.8 Å². The van der Waals surface area contributed by atoms with Crippen LogP contribution in [0.5, 0.6) is 0 Å². The van der Waals surface area contributed by atoms with Gasteiger partial charge in [0.25, 0.3) is 0 Å². The zero-order chi connectivity index (χ0) is 14.7. The van der Waals surface area contributed by atoms with E-state index in [0.29, 0.717) is 18.2 Å². The molecule has 114 valence electrons. The van der Waals surface area contributed by atoms with E-state index in [1.54, 1.807) is 0 Å². The molecule has 2 fully saturated rings. The van der Waals surface area contributed by atoms with E-state index < -0.39 is 0 Å². The van der Waals surface area contributed by atoms with Crippen LogP contribution < -0.4 is 4.90 Å². The monoisotopic (exact) mass is 288 g/mol. The second-order valence-electron chi connectivity index (χ2n) is 6.14. The number of carbonyl (C=O) groups is 1. The van der Waals surface area contributed by atoms with Crippen molar-refractivity contribution in [1.82, 2.24) is 4.90 Å². The predicted molar refractivity (Wildman–Crippen MR) is 83.5 cm³/mol. The van der Waals surface area contributed by atoms with Gasteiger partial charge in [0.1, 0.15) is 0 Å². The van der Waals surface area contributed by atoms with Crippen molar-refractivity contribution in [2.45, 2.75) is 19.8 Å². The molecule has 1 amide bonds. The standard InChI is InChI=1S/C17H24N2O2/c1-14-3-2-4-16(11-14)18-6-8-19(9-7-18)17(20)12-15-5-10-21-13-15/h2-4,11,15H,5-10,12-13H2,1H3/t15-/m0/s1. The van der Waals surface area contributed by atoms with E-state index in [2.05, 4.69) is 36.1 Å². The molecule has 4 nitrogen and oxygen atoms in total. The van der Waals surface area contributed by atoms with E-state index in [1.165, 1.54) is 11.3 Å². The minimum Gasteiger partial charge on any atom is -0.381 e. The van der Waals surface area contributed by atoms with Crippen molar-refractivity contribution in [1.29, 1.82) is 0 Å². The van der Waals surface area contributed by atoms with Gasteiger partial charge in [-0.05, 0) is 37.0 Å². The SMILES string of the molecule is Cc1cccc(N2CCN(C(=O)C[C@@H]3CCOC3)CC2)c1. The summed E-state index contributed by atoms with van der Waals surface area (Å²) in [6.45, 7) is 7.22. The molecule has 0 aliphatic carbocycles. The van der Waals surface area contributed by atoms with Crippen molar-refractivity contribution in [2.24, 2.45) is 5.92 Å². The number of carbonyl (C=O) groups excluding carboxylic acids is 1. The van der Waals surface area contributed by atoms with Gasteiger partial charge in [-0.25, -0.2) is 0 Å². The Kier molecular flexibility index (Phi) is 4.44. The Morgan fingerprint density at radius 3 is 2.76 bits per heavy atom. The van der Waals surface area contributed by atoms with Crippen molar-refractivity contribution in [3.8, 4) is 0 Å². The van der Waals surface area contributed by atoms with Gasteiger partial charge >= 0.3 is 0 Å². The average molecular weight is 288 g/mol. The van der Waals surface area contributed by atoms with Crippen LogP contribution in [0.2, 0.25) is 0 Å². The Balaban J connectivity index is 1.51. The molecule has 1 aromatic carbocycles. The van der Waals surface area contributed by atoms with Gasteiger partial charge in [0.05, 0.1) is 0 Å². The van der Waals surface area contributed by atoms with Gasteiger partial charge in [0.15, 0.2) is 0 Å². The van der Waals surface area contributed by atoms with Gasteiger partial charge in [-0.15, -0.1) is 0 Å². The van der Waals surface area contributed by atoms with Crippen LogP contribution in [-0.4, -0.2) is 50.2 Å². The van der Waals surface area contributed by atoms with E-state index >= 15 is 0 Å². The van der Waals surface area contributed by atoms with Gasteiger partial charge in [-0.2, -0.15) is 0 Å². The van der Waals surface area contributed by atoms with Crippen molar-refractivity contribution in [3.63, 3.8) is 0 Å². The molecule has 0 aromatic heterocycles. The summed E-state index contributed by atoms with van der Waals surface area (Å²) in [5.41, 5.74) is 2.55. The first-order chi connectivity index (χ1) is 10.2. The van der Waals surface area contributed by atoms with Gasteiger partial charge in [0.2, 0.25) is 5.91 Å². The molecule has 0 unspecified atom stereocenters. The Morgan fingerprint density at radius 2 is 2.10 bits per heavy atom. The number of hydrogen-bond donors (Lipinski definition) is 0. The summed E-state index contributed by atoms with van der Waals surface area (Å²) >= 11 is 0. The van der Waals surface area contributed by atoms with E-state index in [4.69, 9.17) is 4.74 Å². The number of ether oxygens (including phenoxy) is 1. The lowest BCUT2D eigenvalue weighted by molar-refractivity contribution is -0.132.